The lowest BCUT2D eigenvalue weighted by molar-refractivity contribution is -0.384. The Bertz CT molecular complexity index is 1310. The highest BCUT2D eigenvalue weighted by molar-refractivity contribution is 9.10. The van der Waals surface area contributed by atoms with Crippen LogP contribution in [0.4, 0.5) is 5.69 Å². The number of amides is 2. The number of nitrogens with zero attached hydrogens (tertiary/aromatic N) is 2. The molecule has 11 heteroatoms. The summed E-state index contributed by atoms with van der Waals surface area (Å²) in [7, 11) is 1.40. The number of nitro benzene ring substituents is 1. The van der Waals surface area contributed by atoms with Crippen LogP contribution in [-0.2, 0) is 4.79 Å². The molecule has 35 heavy (non-hydrogen) atoms. The predicted molar refractivity (Wildman–Crippen MR) is 133 cm³/mol. The van der Waals surface area contributed by atoms with E-state index in [9.17, 15) is 24.8 Å². The first-order valence-electron chi connectivity index (χ1n) is 10.0. The summed E-state index contributed by atoms with van der Waals surface area (Å²) in [6.07, 6.45) is 2.70. The van der Waals surface area contributed by atoms with E-state index in [0.29, 0.717) is 21.2 Å². The Hall–Kier alpha value is -4.51. The second-order valence-corrected chi connectivity index (χ2v) is 7.83. The van der Waals surface area contributed by atoms with Crippen LogP contribution in [0.3, 0.4) is 0 Å². The molecule has 2 amide bonds. The number of benzene rings is 3. The fraction of sp³-hybridized carbons (Fsp3) is 0.0417. The van der Waals surface area contributed by atoms with Gasteiger partial charge in [0, 0.05) is 17.7 Å². The Labute approximate surface area is 208 Å². The smallest absolute Gasteiger partial charge is 0.287 e. The third kappa shape index (κ3) is 6.74. The number of hydrazone groups is 1. The van der Waals surface area contributed by atoms with Gasteiger partial charge in [-0.2, -0.15) is 5.10 Å². The molecule has 0 aliphatic carbocycles. The van der Waals surface area contributed by atoms with Crippen molar-refractivity contribution in [1.82, 2.24) is 10.7 Å². The second-order valence-electron chi connectivity index (χ2n) is 6.98. The maximum atomic E-state index is 12.8. The molecule has 0 spiro atoms. The minimum atomic E-state index is -0.728. The molecule has 178 valence electrons. The van der Waals surface area contributed by atoms with E-state index >= 15 is 0 Å². The minimum absolute atomic E-state index is 0.0781. The van der Waals surface area contributed by atoms with Crippen LogP contribution in [-0.4, -0.2) is 35.2 Å². The van der Waals surface area contributed by atoms with Gasteiger partial charge in [-0.3, -0.25) is 19.7 Å². The number of carbonyl (C=O) groups excluding carboxylic acids is 2. The zero-order valence-corrected chi connectivity index (χ0v) is 19.9. The van der Waals surface area contributed by atoms with Gasteiger partial charge in [0.2, 0.25) is 0 Å². The average Bonchev–Trinajstić information content (AvgIpc) is 2.86. The molecule has 0 aromatic heterocycles. The Morgan fingerprint density at radius 2 is 1.77 bits per heavy atom. The van der Waals surface area contributed by atoms with Crippen molar-refractivity contribution in [3.63, 3.8) is 0 Å². The first-order chi connectivity index (χ1) is 16.8. The first-order valence-corrected chi connectivity index (χ1v) is 10.8. The third-order valence-corrected chi connectivity index (χ3v) is 5.20. The molecule has 0 heterocycles. The molecular formula is C24H19BrN4O6. The largest absolute Gasteiger partial charge is 0.503 e. The average molecular weight is 539 g/mol. The van der Waals surface area contributed by atoms with Crippen molar-refractivity contribution in [2.75, 3.05) is 7.11 Å². The van der Waals surface area contributed by atoms with Crippen molar-refractivity contribution in [3.05, 3.63) is 104 Å². The number of carbonyl (C=O) groups is 2. The van der Waals surface area contributed by atoms with Crippen molar-refractivity contribution in [1.29, 1.82) is 0 Å². The molecule has 3 aromatic rings. The Morgan fingerprint density at radius 3 is 2.40 bits per heavy atom. The van der Waals surface area contributed by atoms with Crippen LogP contribution >= 0.6 is 15.9 Å². The summed E-state index contributed by atoms with van der Waals surface area (Å²) in [6.45, 7) is 0. The van der Waals surface area contributed by atoms with Gasteiger partial charge in [0.25, 0.3) is 17.5 Å². The summed E-state index contributed by atoms with van der Waals surface area (Å²) in [5, 5.41) is 27.2. The van der Waals surface area contributed by atoms with Crippen LogP contribution < -0.4 is 15.5 Å². The lowest BCUT2D eigenvalue weighted by atomic mass is 10.1. The highest BCUT2D eigenvalue weighted by atomic mass is 79.9. The number of non-ortho nitro benzene ring substituents is 1. The van der Waals surface area contributed by atoms with Crippen LogP contribution in [0, 0.1) is 10.1 Å². The number of methoxy groups -OCH3 is 1. The van der Waals surface area contributed by atoms with Gasteiger partial charge in [0.15, 0.2) is 11.5 Å². The number of ether oxygens (including phenoxy) is 1. The van der Waals surface area contributed by atoms with Crippen molar-refractivity contribution < 1.29 is 24.4 Å². The summed E-state index contributed by atoms with van der Waals surface area (Å²) in [5.41, 5.74) is 3.39. The summed E-state index contributed by atoms with van der Waals surface area (Å²) < 4.78 is 5.45. The quantitative estimate of drug-likeness (QED) is 0.171. The lowest BCUT2D eigenvalue weighted by Crippen LogP contribution is -2.32. The molecule has 3 rings (SSSR count). The fourth-order valence-corrected chi connectivity index (χ4v) is 3.31. The first kappa shape index (κ1) is 25.1. The molecule has 0 fully saturated rings. The topological polar surface area (TPSA) is 143 Å². The fourth-order valence-electron chi connectivity index (χ4n) is 2.85. The van der Waals surface area contributed by atoms with Crippen molar-refractivity contribution in [2.45, 2.75) is 0 Å². The maximum Gasteiger partial charge on any atom is 0.287 e. The molecular weight excluding hydrogens is 520 g/mol. The van der Waals surface area contributed by atoms with E-state index in [1.807, 2.05) is 0 Å². The minimum Gasteiger partial charge on any atom is -0.503 e. The zero-order chi connectivity index (χ0) is 25.4. The van der Waals surface area contributed by atoms with Gasteiger partial charge < -0.3 is 15.2 Å². The maximum absolute atomic E-state index is 12.8. The summed E-state index contributed by atoms with van der Waals surface area (Å²) >= 11 is 3.20. The number of aromatic hydroxyl groups is 1. The molecule has 0 atom stereocenters. The normalized spacial score (nSPS) is 11.2. The molecule has 0 saturated heterocycles. The van der Waals surface area contributed by atoms with E-state index < -0.39 is 16.7 Å². The van der Waals surface area contributed by atoms with E-state index in [2.05, 4.69) is 31.8 Å². The SMILES string of the molecule is COc1cc(C=NNC(=O)C(=Cc2ccc([N+](=O)[O-])cc2)NC(=O)c2ccccc2)cc(Br)c1O. The third-order valence-electron chi connectivity index (χ3n) is 4.59. The van der Waals surface area contributed by atoms with Crippen molar-refractivity contribution in [2.24, 2.45) is 5.10 Å². The van der Waals surface area contributed by atoms with Gasteiger partial charge in [0.05, 0.1) is 22.7 Å². The molecule has 0 aliphatic heterocycles. The number of nitro groups is 1. The standard InChI is InChI=1S/C24H19BrN4O6/c1-35-21-13-16(11-19(25)22(21)30)14-26-28-24(32)20(27-23(31)17-5-3-2-4-6-17)12-15-7-9-18(10-8-15)29(33)34/h2-14,30H,1H3,(H,27,31)(H,28,32). The molecule has 10 nitrogen and oxygen atoms in total. The Balaban J connectivity index is 1.84. The molecule has 0 unspecified atom stereocenters. The van der Waals surface area contributed by atoms with E-state index in [1.54, 1.807) is 36.4 Å². The van der Waals surface area contributed by atoms with Gasteiger partial charge in [-0.25, -0.2) is 5.43 Å². The number of phenols is 1. The molecule has 3 aromatic carbocycles. The van der Waals surface area contributed by atoms with Crippen LogP contribution in [0.5, 0.6) is 11.5 Å². The summed E-state index contributed by atoms with van der Waals surface area (Å²) in [5.74, 6) is -1.12. The predicted octanol–water partition coefficient (Wildman–Crippen LogP) is 3.99. The molecule has 0 saturated carbocycles. The number of hydrogen-bond acceptors (Lipinski definition) is 7. The highest BCUT2D eigenvalue weighted by Gasteiger charge is 2.15. The van der Waals surface area contributed by atoms with Gasteiger partial charge in [-0.1, -0.05) is 18.2 Å². The van der Waals surface area contributed by atoms with Gasteiger partial charge >= 0.3 is 0 Å². The van der Waals surface area contributed by atoms with Crippen LogP contribution in [0.1, 0.15) is 21.5 Å². The van der Waals surface area contributed by atoms with Gasteiger partial charge in [-0.05, 0) is 69.5 Å². The van der Waals surface area contributed by atoms with Gasteiger partial charge in [-0.15, -0.1) is 0 Å². The number of hydrogen-bond donors (Lipinski definition) is 3. The molecule has 0 bridgehead atoms. The van der Waals surface area contributed by atoms with Crippen molar-refractivity contribution in [3.8, 4) is 11.5 Å². The second kappa shape index (κ2) is 11.6. The lowest BCUT2D eigenvalue weighted by Gasteiger charge is -2.09. The van der Waals surface area contributed by atoms with Crippen molar-refractivity contribution >= 4 is 45.7 Å². The van der Waals surface area contributed by atoms with Gasteiger partial charge in [0.1, 0.15) is 5.70 Å². The van der Waals surface area contributed by atoms with Crippen LogP contribution in [0.15, 0.2) is 82.0 Å². The highest BCUT2D eigenvalue weighted by Crippen LogP contribution is 2.34. The Kier molecular flexibility index (Phi) is 8.30. The number of halogens is 1. The Morgan fingerprint density at radius 1 is 1.09 bits per heavy atom. The molecule has 0 radical (unpaired) electrons. The number of phenolic OH excluding ortho intramolecular Hbond substituents is 1. The van der Waals surface area contributed by atoms with E-state index in [1.165, 1.54) is 49.7 Å². The zero-order valence-electron chi connectivity index (χ0n) is 18.3. The molecule has 3 N–H and O–H groups in total. The van der Waals surface area contributed by atoms with Crippen LogP contribution in [0.2, 0.25) is 0 Å². The van der Waals surface area contributed by atoms with E-state index in [0.717, 1.165) is 0 Å². The van der Waals surface area contributed by atoms with E-state index in [-0.39, 0.29) is 22.9 Å². The van der Waals surface area contributed by atoms with E-state index in [4.69, 9.17) is 4.74 Å². The number of nitrogens with one attached hydrogen (secondary N) is 2. The monoisotopic (exact) mass is 538 g/mol. The molecule has 0 aliphatic rings. The summed E-state index contributed by atoms with van der Waals surface area (Å²) in [6, 6.07) is 16.8. The summed E-state index contributed by atoms with van der Waals surface area (Å²) in [4.78, 5) is 35.8. The number of rotatable bonds is 8. The van der Waals surface area contributed by atoms with Crippen LogP contribution in [0.25, 0.3) is 6.08 Å².